The van der Waals surface area contributed by atoms with E-state index in [1.807, 2.05) is 38.1 Å². The third kappa shape index (κ3) is 5.46. The Hall–Kier alpha value is -3.35. The van der Waals surface area contributed by atoms with E-state index in [1.165, 1.54) is 12.0 Å². The van der Waals surface area contributed by atoms with Gasteiger partial charge in [-0.2, -0.15) is 4.98 Å². The van der Waals surface area contributed by atoms with Crippen LogP contribution in [0.5, 0.6) is 11.5 Å². The quantitative estimate of drug-likeness (QED) is 0.393. The molecule has 1 N–H and O–H groups in total. The summed E-state index contributed by atoms with van der Waals surface area (Å²) < 4.78 is 11.0. The van der Waals surface area contributed by atoms with Crippen molar-refractivity contribution in [2.75, 3.05) is 37.5 Å². The summed E-state index contributed by atoms with van der Waals surface area (Å²) in [5.74, 6) is 2.61. The molecular formula is C25H33N5O2. The zero-order chi connectivity index (χ0) is 22.9. The topological polar surface area (TPSA) is 71.9 Å². The van der Waals surface area contributed by atoms with Crippen molar-refractivity contribution in [3.63, 3.8) is 0 Å². The van der Waals surface area contributed by atoms with Crippen molar-refractivity contribution in [1.29, 1.82) is 0 Å². The maximum Gasteiger partial charge on any atom is 0.253 e. The van der Waals surface area contributed by atoms with Crippen LogP contribution in [0.1, 0.15) is 38.7 Å². The Morgan fingerprint density at radius 3 is 2.38 bits per heavy atom. The number of ether oxygens (including phenoxy) is 2. The standard InChI is InChI=1S/C23H27N5O2.C2H6/c1-16-8-7-9-17(12-16)24-15-25-23-26-19-14-21(30-3)20(29-2)13-18(19)22(27-23)28-10-5-4-6-11-28;1-2/h7-9,12-15H,4-6,10-11H2,1-3H3,(H,24,25,26,27);1-2H3. The van der Waals surface area contributed by atoms with Gasteiger partial charge in [-0.15, -0.1) is 0 Å². The van der Waals surface area contributed by atoms with Crippen LogP contribution in [0.2, 0.25) is 0 Å². The molecule has 1 aliphatic heterocycles. The number of benzene rings is 2. The number of aromatic nitrogens is 2. The summed E-state index contributed by atoms with van der Waals surface area (Å²) in [4.78, 5) is 16.2. The number of rotatable bonds is 6. The van der Waals surface area contributed by atoms with E-state index >= 15 is 0 Å². The number of hydrogen-bond donors (Lipinski definition) is 1. The zero-order valence-electron chi connectivity index (χ0n) is 19.7. The highest BCUT2D eigenvalue weighted by Crippen LogP contribution is 2.36. The van der Waals surface area contributed by atoms with Gasteiger partial charge in [0.05, 0.1) is 26.1 Å². The molecule has 4 rings (SSSR count). The molecule has 1 fully saturated rings. The molecule has 2 aromatic carbocycles. The van der Waals surface area contributed by atoms with E-state index in [0.717, 1.165) is 48.3 Å². The summed E-state index contributed by atoms with van der Waals surface area (Å²) in [5, 5.41) is 4.14. The maximum absolute atomic E-state index is 5.50. The SMILES string of the molecule is CC.COc1cc2nc(/N=C/Nc3cccc(C)c3)nc(N3CCCCC3)c2cc1OC. The Morgan fingerprint density at radius 2 is 1.69 bits per heavy atom. The molecule has 170 valence electrons. The monoisotopic (exact) mass is 435 g/mol. The Balaban J connectivity index is 0.00000141. The largest absolute Gasteiger partial charge is 0.493 e. The number of fused-ring (bicyclic) bond motifs is 1. The van der Waals surface area contributed by atoms with Gasteiger partial charge < -0.3 is 19.7 Å². The number of piperidine rings is 1. The highest BCUT2D eigenvalue weighted by Gasteiger charge is 2.19. The zero-order valence-corrected chi connectivity index (χ0v) is 19.7. The van der Waals surface area contributed by atoms with Crippen LogP contribution in [0, 0.1) is 6.92 Å². The van der Waals surface area contributed by atoms with Gasteiger partial charge >= 0.3 is 0 Å². The van der Waals surface area contributed by atoms with Gasteiger partial charge in [0.25, 0.3) is 5.95 Å². The van der Waals surface area contributed by atoms with Gasteiger partial charge in [-0.1, -0.05) is 26.0 Å². The first-order valence-corrected chi connectivity index (χ1v) is 11.2. The molecule has 7 heteroatoms. The van der Waals surface area contributed by atoms with E-state index in [9.17, 15) is 0 Å². The predicted molar refractivity (Wildman–Crippen MR) is 133 cm³/mol. The van der Waals surface area contributed by atoms with E-state index in [1.54, 1.807) is 20.6 Å². The number of nitrogens with zero attached hydrogens (tertiary/aromatic N) is 4. The average Bonchev–Trinajstić information content (AvgIpc) is 2.84. The Kier molecular flexibility index (Phi) is 8.25. The van der Waals surface area contributed by atoms with Gasteiger partial charge in [-0.05, 0) is 49.9 Å². The molecular weight excluding hydrogens is 402 g/mol. The van der Waals surface area contributed by atoms with Gasteiger partial charge in [-0.3, -0.25) is 0 Å². The van der Waals surface area contributed by atoms with Crippen molar-refractivity contribution in [1.82, 2.24) is 9.97 Å². The molecule has 0 spiro atoms. The Bertz CT molecular complexity index is 1060. The minimum atomic E-state index is 0.412. The summed E-state index contributed by atoms with van der Waals surface area (Å²) in [6.45, 7) is 8.01. The van der Waals surface area contributed by atoms with Crippen molar-refractivity contribution in [3.8, 4) is 11.5 Å². The molecule has 1 aromatic heterocycles. The van der Waals surface area contributed by atoms with Crippen LogP contribution in [0.3, 0.4) is 0 Å². The first-order chi connectivity index (χ1) is 15.7. The summed E-state index contributed by atoms with van der Waals surface area (Å²) in [6.07, 6.45) is 5.21. The fourth-order valence-corrected chi connectivity index (χ4v) is 3.73. The molecule has 7 nitrogen and oxygen atoms in total. The number of methoxy groups -OCH3 is 2. The maximum atomic E-state index is 5.50. The molecule has 0 saturated carbocycles. The summed E-state index contributed by atoms with van der Waals surface area (Å²) in [5.41, 5.74) is 2.94. The summed E-state index contributed by atoms with van der Waals surface area (Å²) in [7, 11) is 3.27. The molecule has 0 atom stereocenters. The number of aliphatic imine (C=N–C) groups is 1. The number of aryl methyl sites for hydroxylation is 1. The fourth-order valence-electron chi connectivity index (χ4n) is 3.73. The lowest BCUT2D eigenvalue weighted by Gasteiger charge is -2.28. The normalized spacial score (nSPS) is 13.6. The van der Waals surface area contributed by atoms with Gasteiger partial charge in [-0.25, -0.2) is 9.98 Å². The van der Waals surface area contributed by atoms with Crippen LogP contribution in [0.4, 0.5) is 17.5 Å². The fraction of sp³-hybridized carbons (Fsp3) is 0.400. The van der Waals surface area contributed by atoms with Gasteiger partial charge in [0.15, 0.2) is 11.5 Å². The van der Waals surface area contributed by atoms with Crippen molar-refractivity contribution >= 4 is 34.7 Å². The highest BCUT2D eigenvalue weighted by molar-refractivity contribution is 5.93. The van der Waals surface area contributed by atoms with Crippen molar-refractivity contribution < 1.29 is 9.47 Å². The van der Waals surface area contributed by atoms with Crippen molar-refractivity contribution in [2.24, 2.45) is 4.99 Å². The second-order valence-electron chi connectivity index (χ2n) is 7.39. The molecule has 32 heavy (non-hydrogen) atoms. The van der Waals surface area contributed by atoms with E-state index in [-0.39, 0.29) is 0 Å². The van der Waals surface area contributed by atoms with Crippen LogP contribution in [-0.2, 0) is 0 Å². The lowest BCUT2D eigenvalue weighted by atomic mass is 10.1. The second-order valence-corrected chi connectivity index (χ2v) is 7.39. The number of hydrogen-bond acceptors (Lipinski definition) is 6. The third-order valence-corrected chi connectivity index (χ3v) is 5.25. The van der Waals surface area contributed by atoms with Crippen LogP contribution in [-0.4, -0.2) is 43.6 Å². The predicted octanol–water partition coefficient (Wildman–Crippen LogP) is 5.74. The molecule has 0 aliphatic carbocycles. The minimum Gasteiger partial charge on any atom is -0.493 e. The van der Waals surface area contributed by atoms with Crippen LogP contribution in [0.25, 0.3) is 10.9 Å². The van der Waals surface area contributed by atoms with Crippen LogP contribution < -0.4 is 19.7 Å². The molecule has 2 heterocycles. The Morgan fingerprint density at radius 1 is 0.969 bits per heavy atom. The van der Waals surface area contributed by atoms with E-state index in [2.05, 4.69) is 39.2 Å². The van der Waals surface area contributed by atoms with E-state index in [0.29, 0.717) is 17.4 Å². The average molecular weight is 436 g/mol. The number of anilines is 2. The van der Waals surface area contributed by atoms with E-state index < -0.39 is 0 Å². The van der Waals surface area contributed by atoms with Crippen LogP contribution >= 0.6 is 0 Å². The molecule has 0 amide bonds. The third-order valence-electron chi connectivity index (χ3n) is 5.25. The number of nitrogens with one attached hydrogen (secondary N) is 1. The Labute approximate surface area is 190 Å². The smallest absolute Gasteiger partial charge is 0.253 e. The summed E-state index contributed by atoms with van der Waals surface area (Å²) >= 11 is 0. The molecule has 0 unspecified atom stereocenters. The molecule has 0 bridgehead atoms. The lowest BCUT2D eigenvalue weighted by molar-refractivity contribution is 0.356. The lowest BCUT2D eigenvalue weighted by Crippen LogP contribution is -2.30. The first-order valence-electron chi connectivity index (χ1n) is 11.2. The van der Waals surface area contributed by atoms with Crippen molar-refractivity contribution in [2.45, 2.75) is 40.0 Å². The second kappa shape index (κ2) is 11.3. The van der Waals surface area contributed by atoms with Gasteiger partial charge in [0.2, 0.25) is 0 Å². The minimum absolute atomic E-state index is 0.412. The van der Waals surface area contributed by atoms with Crippen molar-refractivity contribution in [3.05, 3.63) is 42.0 Å². The van der Waals surface area contributed by atoms with E-state index in [4.69, 9.17) is 14.5 Å². The van der Waals surface area contributed by atoms with Gasteiger partial charge in [0, 0.05) is 30.2 Å². The molecule has 0 radical (unpaired) electrons. The first kappa shape index (κ1) is 23.3. The highest BCUT2D eigenvalue weighted by atomic mass is 16.5. The summed E-state index contributed by atoms with van der Waals surface area (Å²) in [6, 6.07) is 12.0. The molecule has 1 aliphatic rings. The van der Waals surface area contributed by atoms with Gasteiger partial charge in [0.1, 0.15) is 5.82 Å². The van der Waals surface area contributed by atoms with Crippen LogP contribution in [0.15, 0.2) is 41.4 Å². The molecule has 1 saturated heterocycles. The molecule has 3 aromatic rings.